The van der Waals surface area contributed by atoms with Crippen LogP contribution in [0.15, 0.2) is 18.3 Å². The van der Waals surface area contributed by atoms with E-state index in [4.69, 9.17) is 5.73 Å². The standard InChI is InChI=1S/C17H27N3O/c1-16(2)14(18)17(3,4)15(16)19-13(21)12-9-6-10-20(12)11-7-5-8-11/h6,9-11,14-15H,5,7-8,18H2,1-4H3,(H,19,21). The minimum absolute atomic E-state index is 0.0324. The van der Waals surface area contributed by atoms with Gasteiger partial charge in [-0.3, -0.25) is 4.79 Å². The van der Waals surface area contributed by atoms with Crippen molar-refractivity contribution >= 4 is 5.91 Å². The number of rotatable bonds is 3. The molecule has 0 aromatic carbocycles. The predicted molar refractivity (Wildman–Crippen MR) is 84.1 cm³/mol. The van der Waals surface area contributed by atoms with Gasteiger partial charge in [0.15, 0.2) is 0 Å². The Morgan fingerprint density at radius 1 is 1.29 bits per heavy atom. The van der Waals surface area contributed by atoms with E-state index in [9.17, 15) is 4.79 Å². The van der Waals surface area contributed by atoms with Gasteiger partial charge in [0.25, 0.3) is 5.91 Å². The summed E-state index contributed by atoms with van der Waals surface area (Å²) in [5, 5.41) is 3.23. The molecular weight excluding hydrogens is 262 g/mol. The van der Waals surface area contributed by atoms with Crippen molar-refractivity contribution in [2.45, 2.75) is 65.1 Å². The molecule has 3 rings (SSSR count). The summed E-state index contributed by atoms with van der Waals surface area (Å²) in [5.74, 6) is 0.0324. The fourth-order valence-corrected chi connectivity index (χ4v) is 4.33. The lowest BCUT2D eigenvalue weighted by atomic mass is 9.48. The summed E-state index contributed by atoms with van der Waals surface area (Å²) in [6, 6.07) is 4.61. The monoisotopic (exact) mass is 289 g/mol. The Hall–Kier alpha value is -1.29. The average Bonchev–Trinajstić information content (AvgIpc) is 2.81. The highest BCUT2D eigenvalue weighted by Gasteiger charge is 2.60. The largest absolute Gasteiger partial charge is 0.347 e. The summed E-state index contributed by atoms with van der Waals surface area (Å²) in [5.41, 5.74) is 6.93. The molecule has 1 heterocycles. The third-order valence-electron chi connectivity index (χ3n) is 5.85. The summed E-state index contributed by atoms with van der Waals surface area (Å²) in [4.78, 5) is 12.7. The fourth-order valence-electron chi connectivity index (χ4n) is 4.33. The molecule has 1 aromatic heterocycles. The van der Waals surface area contributed by atoms with E-state index in [1.165, 1.54) is 19.3 Å². The highest BCUT2D eigenvalue weighted by Crippen LogP contribution is 2.52. The van der Waals surface area contributed by atoms with E-state index in [1.54, 1.807) is 0 Å². The molecule has 0 aliphatic heterocycles. The van der Waals surface area contributed by atoms with E-state index in [0.717, 1.165) is 5.69 Å². The molecule has 3 N–H and O–H groups in total. The van der Waals surface area contributed by atoms with Crippen LogP contribution >= 0.6 is 0 Å². The molecule has 0 radical (unpaired) electrons. The molecule has 4 heteroatoms. The molecule has 2 saturated carbocycles. The van der Waals surface area contributed by atoms with Crippen molar-refractivity contribution in [3.8, 4) is 0 Å². The normalized spacial score (nSPS) is 30.3. The van der Waals surface area contributed by atoms with E-state index >= 15 is 0 Å². The molecule has 2 aliphatic rings. The van der Waals surface area contributed by atoms with Gasteiger partial charge in [0.2, 0.25) is 0 Å². The number of carbonyl (C=O) groups excluding carboxylic acids is 1. The van der Waals surface area contributed by atoms with Gasteiger partial charge in [0, 0.05) is 35.2 Å². The Kier molecular flexibility index (Phi) is 3.21. The highest BCUT2D eigenvalue weighted by molar-refractivity contribution is 5.93. The van der Waals surface area contributed by atoms with Crippen LogP contribution in [0, 0.1) is 10.8 Å². The first-order chi connectivity index (χ1) is 9.76. The molecule has 1 aromatic rings. The van der Waals surface area contributed by atoms with Crippen molar-refractivity contribution in [1.82, 2.24) is 9.88 Å². The number of nitrogens with one attached hydrogen (secondary N) is 1. The van der Waals surface area contributed by atoms with Gasteiger partial charge in [0.05, 0.1) is 0 Å². The molecule has 21 heavy (non-hydrogen) atoms. The van der Waals surface area contributed by atoms with Crippen LogP contribution in [-0.4, -0.2) is 22.6 Å². The van der Waals surface area contributed by atoms with E-state index in [1.807, 2.05) is 18.3 Å². The Morgan fingerprint density at radius 3 is 2.43 bits per heavy atom. The zero-order valence-electron chi connectivity index (χ0n) is 13.5. The van der Waals surface area contributed by atoms with Crippen molar-refractivity contribution in [2.75, 3.05) is 0 Å². The molecule has 0 unspecified atom stereocenters. The van der Waals surface area contributed by atoms with Crippen LogP contribution in [0.5, 0.6) is 0 Å². The maximum Gasteiger partial charge on any atom is 0.268 e. The minimum Gasteiger partial charge on any atom is -0.347 e. The predicted octanol–water partition coefficient (Wildman–Crippen LogP) is 2.70. The van der Waals surface area contributed by atoms with Crippen molar-refractivity contribution in [3.63, 3.8) is 0 Å². The third kappa shape index (κ3) is 2.03. The lowest BCUT2D eigenvalue weighted by Gasteiger charge is -2.62. The SMILES string of the molecule is CC1(C)C(N)C(C)(C)C1NC(=O)c1cccn1C1CCC1. The zero-order chi connectivity index (χ0) is 15.4. The van der Waals surface area contributed by atoms with Gasteiger partial charge in [-0.25, -0.2) is 0 Å². The Bertz CT molecular complexity index is 538. The topological polar surface area (TPSA) is 60.0 Å². The number of nitrogens with two attached hydrogens (primary N) is 1. The highest BCUT2D eigenvalue weighted by atomic mass is 16.2. The molecule has 4 nitrogen and oxygen atoms in total. The van der Waals surface area contributed by atoms with Gasteiger partial charge in [-0.05, 0) is 31.4 Å². The summed E-state index contributed by atoms with van der Waals surface area (Å²) in [6.45, 7) is 8.55. The smallest absolute Gasteiger partial charge is 0.268 e. The van der Waals surface area contributed by atoms with Crippen molar-refractivity contribution in [1.29, 1.82) is 0 Å². The van der Waals surface area contributed by atoms with E-state index in [-0.39, 0.29) is 28.8 Å². The van der Waals surface area contributed by atoms with Crippen molar-refractivity contribution in [2.24, 2.45) is 16.6 Å². The van der Waals surface area contributed by atoms with Gasteiger partial charge >= 0.3 is 0 Å². The van der Waals surface area contributed by atoms with E-state index in [0.29, 0.717) is 6.04 Å². The minimum atomic E-state index is -0.0624. The Morgan fingerprint density at radius 2 is 1.90 bits per heavy atom. The average molecular weight is 289 g/mol. The molecule has 0 atom stereocenters. The Labute approximate surface area is 127 Å². The zero-order valence-corrected chi connectivity index (χ0v) is 13.5. The molecule has 1 amide bonds. The summed E-state index contributed by atoms with van der Waals surface area (Å²) < 4.78 is 2.14. The fraction of sp³-hybridized carbons (Fsp3) is 0.706. The number of carbonyl (C=O) groups is 1. The number of hydrogen-bond donors (Lipinski definition) is 2. The van der Waals surface area contributed by atoms with Crippen LogP contribution in [0.1, 0.15) is 63.5 Å². The summed E-state index contributed by atoms with van der Waals surface area (Å²) in [6.07, 6.45) is 5.66. The van der Waals surface area contributed by atoms with E-state index < -0.39 is 0 Å². The quantitative estimate of drug-likeness (QED) is 0.899. The lowest BCUT2D eigenvalue weighted by Crippen LogP contribution is -2.76. The molecule has 2 fully saturated rings. The van der Waals surface area contributed by atoms with Crippen LogP contribution in [0.25, 0.3) is 0 Å². The van der Waals surface area contributed by atoms with Crippen molar-refractivity contribution in [3.05, 3.63) is 24.0 Å². The third-order valence-corrected chi connectivity index (χ3v) is 5.85. The molecule has 2 aliphatic carbocycles. The van der Waals surface area contributed by atoms with Crippen LogP contribution < -0.4 is 11.1 Å². The van der Waals surface area contributed by atoms with Gasteiger partial charge < -0.3 is 15.6 Å². The van der Waals surface area contributed by atoms with Crippen LogP contribution in [-0.2, 0) is 0 Å². The second kappa shape index (κ2) is 4.60. The van der Waals surface area contributed by atoms with Gasteiger partial charge in [-0.2, -0.15) is 0 Å². The number of nitrogens with zero attached hydrogens (tertiary/aromatic N) is 1. The van der Waals surface area contributed by atoms with Crippen LogP contribution in [0.3, 0.4) is 0 Å². The molecule has 0 saturated heterocycles. The second-order valence-corrected chi connectivity index (χ2v) is 7.91. The number of aromatic nitrogens is 1. The van der Waals surface area contributed by atoms with Gasteiger partial charge in [-0.1, -0.05) is 27.7 Å². The second-order valence-electron chi connectivity index (χ2n) is 7.91. The molecule has 0 bridgehead atoms. The summed E-state index contributed by atoms with van der Waals surface area (Å²) in [7, 11) is 0. The number of amides is 1. The van der Waals surface area contributed by atoms with Crippen LogP contribution in [0.4, 0.5) is 0 Å². The van der Waals surface area contributed by atoms with E-state index in [2.05, 4.69) is 37.6 Å². The first-order valence-corrected chi connectivity index (χ1v) is 7.99. The molecule has 116 valence electrons. The maximum atomic E-state index is 12.7. The number of hydrogen-bond acceptors (Lipinski definition) is 2. The van der Waals surface area contributed by atoms with Gasteiger partial charge in [0.1, 0.15) is 5.69 Å². The first kappa shape index (κ1) is 14.6. The van der Waals surface area contributed by atoms with Crippen LogP contribution in [0.2, 0.25) is 0 Å². The van der Waals surface area contributed by atoms with Crippen molar-refractivity contribution < 1.29 is 4.79 Å². The first-order valence-electron chi connectivity index (χ1n) is 7.99. The van der Waals surface area contributed by atoms with Gasteiger partial charge in [-0.15, -0.1) is 0 Å². The Balaban J connectivity index is 1.77. The molecule has 0 spiro atoms. The lowest BCUT2D eigenvalue weighted by molar-refractivity contribution is -0.0664. The molecular formula is C17H27N3O. The summed E-state index contributed by atoms with van der Waals surface area (Å²) >= 11 is 0. The maximum absolute atomic E-state index is 12.7.